The van der Waals surface area contributed by atoms with Gasteiger partial charge in [-0.15, -0.1) is 0 Å². The van der Waals surface area contributed by atoms with E-state index in [4.69, 9.17) is 0 Å². The van der Waals surface area contributed by atoms with Gasteiger partial charge in [0, 0.05) is 18.2 Å². The predicted octanol–water partition coefficient (Wildman–Crippen LogP) is 5.39. The topological polar surface area (TPSA) is 49.3 Å². The summed E-state index contributed by atoms with van der Waals surface area (Å²) in [5.74, 6) is -0.356. The van der Waals surface area contributed by atoms with Gasteiger partial charge in [0.15, 0.2) is 0 Å². The molecule has 0 aliphatic heterocycles. The molecule has 3 nitrogen and oxygen atoms in total. The Labute approximate surface area is 160 Å². The first kappa shape index (κ1) is 17.6. The molecule has 27 heavy (non-hydrogen) atoms. The molecule has 1 aliphatic carbocycles. The van der Waals surface area contributed by atoms with Crippen LogP contribution in [0.3, 0.4) is 0 Å². The van der Waals surface area contributed by atoms with Crippen LogP contribution in [0.5, 0.6) is 0 Å². The van der Waals surface area contributed by atoms with E-state index in [1.165, 1.54) is 10.8 Å². The maximum atomic E-state index is 11.9. The van der Waals surface area contributed by atoms with Crippen molar-refractivity contribution in [2.45, 2.75) is 19.3 Å². The van der Waals surface area contributed by atoms with Crippen LogP contribution in [0.15, 0.2) is 72.8 Å². The lowest BCUT2D eigenvalue weighted by molar-refractivity contribution is -0.153. The Morgan fingerprint density at radius 2 is 1.63 bits per heavy atom. The van der Waals surface area contributed by atoms with E-state index in [0.717, 1.165) is 24.2 Å². The molecule has 0 aromatic heterocycles. The van der Waals surface area contributed by atoms with Gasteiger partial charge in [0.2, 0.25) is 0 Å². The fourth-order valence-electron chi connectivity index (χ4n) is 4.76. The summed E-state index contributed by atoms with van der Waals surface area (Å²) in [4.78, 5) is 11.9. The number of aliphatic carboxylic acids is 1. The summed E-state index contributed by atoms with van der Waals surface area (Å²) in [6.07, 6.45) is 0.893. The van der Waals surface area contributed by atoms with Gasteiger partial charge in [0.1, 0.15) is 0 Å². The van der Waals surface area contributed by atoms with Crippen molar-refractivity contribution in [3.8, 4) is 0 Å². The second-order valence-corrected chi connectivity index (χ2v) is 7.48. The molecular weight excluding hydrogens is 334 g/mol. The lowest BCUT2D eigenvalue weighted by Crippen LogP contribution is -2.51. The molecule has 1 saturated carbocycles. The molecule has 0 heterocycles. The van der Waals surface area contributed by atoms with Crippen molar-refractivity contribution in [1.82, 2.24) is 0 Å². The molecule has 138 valence electrons. The second-order valence-electron chi connectivity index (χ2n) is 7.48. The lowest BCUT2D eigenvalue weighted by Gasteiger charge is -2.50. The number of hydrogen-bond donors (Lipinski definition) is 2. The average molecular weight is 359 g/mol. The summed E-state index contributed by atoms with van der Waals surface area (Å²) in [6.45, 7) is 2.89. The third-order valence-corrected chi connectivity index (χ3v) is 6.09. The number of benzene rings is 3. The van der Waals surface area contributed by atoms with Crippen LogP contribution < -0.4 is 5.32 Å². The summed E-state index contributed by atoms with van der Waals surface area (Å²) in [6, 6.07) is 24.8. The van der Waals surface area contributed by atoms with Gasteiger partial charge >= 0.3 is 5.97 Å². The van der Waals surface area contributed by atoms with Crippen LogP contribution in [0.2, 0.25) is 0 Å². The van der Waals surface area contributed by atoms with Crippen molar-refractivity contribution in [2.75, 3.05) is 11.9 Å². The molecule has 0 radical (unpaired) electrons. The lowest BCUT2D eigenvalue weighted by atomic mass is 9.53. The van der Waals surface area contributed by atoms with E-state index in [9.17, 15) is 9.90 Å². The quantitative estimate of drug-likeness (QED) is 0.620. The fraction of sp³-hybridized carbons (Fsp3) is 0.292. The van der Waals surface area contributed by atoms with E-state index in [-0.39, 0.29) is 17.8 Å². The van der Waals surface area contributed by atoms with E-state index in [1.54, 1.807) is 0 Å². The molecule has 2 N–H and O–H groups in total. The highest BCUT2D eigenvalue weighted by atomic mass is 16.4. The van der Waals surface area contributed by atoms with Gasteiger partial charge < -0.3 is 10.4 Å². The Balaban J connectivity index is 1.55. The number of fused-ring (bicyclic) bond motifs is 1. The minimum Gasteiger partial charge on any atom is -0.481 e. The first-order chi connectivity index (χ1) is 13.2. The van der Waals surface area contributed by atoms with Crippen molar-refractivity contribution in [3.63, 3.8) is 0 Å². The third-order valence-electron chi connectivity index (χ3n) is 6.09. The first-order valence-corrected chi connectivity index (χ1v) is 9.69. The molecule has 3 aromatic rings. The molecule has 4 rings (SSSR count). The molecule has 0 bridgehead atoms. The Morgan fingerprint density at radius 3 is 2.33 bits per heavy atom. The molecule has 1 fully saturated rings. The second kappa shape index (κ2) is 7.43. The summed E-state index contributed by atoms with van der Waals surface area (Å²) in [5.41, 5.74) is 2.23. The highest BCUT2D eigenvalue weighted by Crippen LogP contribution is 2.53. The van der Waals surface area contributed by atoms with Crippen LogP contribution in [-0.4, -0.2) is 17.6 Å². The number of carboxylic acid groups (broad SMARTS) is 1. The molecule has 4 atom stereocenters. The van der Waals surface area contributed by atoms with Gasteiger partial charge in [-0.25, -0.2) is 0 Å². The summed E-state index contributed by atoms with van der Waals surface area (Å²) in [7, 11) is 0. The van der Waals surface area contributed by atoms with Gasteiger partial charge in [-0.05, 0) is 40.3 Å². The monoisotopic (exact) mass is 359 g/mol. The van der Waals surface area contributed by atoms with Crippen LogP contribution in [0, 0.1) is 17.8 Å². The zero-order chi connectivity index (χ0) is 18.8. The van der Waals surface area contributed by atoms with Crippen LogP contribution in [0.4, 0.5) is 5.69 Å². The standard InChI is InChI=1S/C24H25NO2/c1-2-20-21(22(23(20)24(26)27)17-9-4-3-5-10-17)15-25-19-13-12-16-8-6-7-11-18(16)14-19/h3-14,20-23,25H,2,15H2,1H3,(H,26,27)/t20-,21+,22-,23-/m1/s1. The average Bonchev–Trinajstić information content (AvgIpc) is 2.68. The number of rotatable bonds is 6. The minimum atomic E-state index is -0.669. The Bertz CT molecular complexity index is 937. The van der Waals surface area contributed by atoms with Crippen molar-refractivity contribution < 1.29 is 9.90 Å². The molecule has 0 saturated heterocycles. The van der Waals surface area contributed by atoms with Crippen molar-refractivity contribution >= 4 is 22.4 Å². The molecule has 3 heteroatoms. The zero-order valence-electron chi connectivity index (χ0n) is 15.5. The first-order valence-electron chi connectivity index (χ1n) is 9.69. The number of nitrogens with one attached hydrogen (secondary N) is 1. The van der Waals surface area contributed by atoms with Crippen LogP contribution >= 0.6 is 0 Å². The Hall–Kier alpha value is -2.81. The minimum absolute atomic E-state index is 0.0709. The summed E-state index contributed by atoms with van der Waals surface area (Å²) < 4.78 is 0. The summed E-state index contributed by atoms with van der Waals surface area (Å²) in [5, 5.41) is 15.8. The maximum absolute atomic E-state index is 11.9. The zero-order valence-corrected chi connectivity index (χ0v) is 15.5. The number of anilines is 1. The van der Waals surface area contributed by atoms with Crippen LogP contribution in [-0.2, 0) is 4.79 Å². The molecule has 0 amide bonds. The summed E-state index contributed by atoms with van der Waals surface area (Å²) >= 11 is 0. The number of hydrogen-bond acceptors (Lipinski definition) is 2. The van der Waals surface area contributed by atoms with E-state index in [2.05, 4.69) is 54.7 Å². The maximum Gasteiger partial charge on any atom is 0.307 e. The van der Waals surface area contributed by atoms with E-state index in [0.29, 0.717) is 5.92 Å². The van der Waals surface area contributed by atoms with Crippen LogP contribution in [0.1, 0.15) is 24.8 Å². The molecular formula is C24H25NO2. The molecule has 3 aromatic carbocycles. The largest absolute Gasteiger partial charge is 0.481 e. The number of carboxylic acids is 1. The predicted molar refractivity (Wildman–Crippen MR) is 110 cm³/mol. The van der Waals surface area contributed by atoms with Gasteiger partial charge in [-0.1, -0.05) is 74.0 Å². The molecule has 1 aliphatic rings. The molecule has 0 unspecified atom stereocenters. The van der Waals surface area contributed by atoms with Gasteiger partial charge in [-0.3, -0.25) is 4.79 Å². The van der Waals surface area contributed by atoms with Gasteiger partial charge in [0.05, 0.1) is 5.92 Å². The number of carbonyl (C=O) groups is 1. The smallest absolute Gasteiger partial charge is 0.307 e. The van der Waals surface area contributed by atoms with Gasteiger partial charge in [-0.2, -0.15) is 0 Å². The van der Waals surface area contributed by atoms with Crippen LogP contribution in [0.25, 0.3) is 10.8 Å². The molecule has 0 spiro atoms. The Morgan fingerprint density at radius 1 is 0.926 bits per heavy atom. The Kier molecular flexibility index (Phi) is 4.85. The van der Waals surface area contributed by atoms with Crippen molar-refractivity contribution in [1.29, 1.82) is 0 Å². The fourth-order valence-corrected chi connectivity index (χ4v) is 4.76. The van der Waals surface area contributed by atoms with E-state index in [1.807, 2.05) is 30.3 Å². The third kappa shape index (κ3) is 3.30. The highest BCUT2D eigenvalue weighted by molar-refractivity contribution is 5.85. The van der Waals surface area contributed by atoms with Crippen molar-refractivity contribution in [3.05, 3.63) is 78.4 Å². The van der Waals surface area contributed by atoms with Crippen molar-refractivity contribution in [2.24, 2.45) is 17.8 Å². The van der Waals surface area contributed by atoms with E-state index >= 15 is 0 Å². The SMILES string of the molecule is CC[C@@H]1[C@H](CNc2ccc3ccccc3c2)[C@@H](c2ccccc2)[C@@H]1C(=O)O. The normalized spacial score (nSPS) is 24.3. The van der Waals surface area contributed by atoms with E-state index < -0.39 is 5.97 Å². The van der Waals surface area contributed by atoms with Gasteiger partial charge in [0.25, 0.3) is 0 Å². The highest BCUT2D eigenvalue weighted by Gasteiger charge is 2.53.